The van der Waals surface area contributed by atoms with Crippen LogP contribution in [-0.4, -0.2) is 33.3 Å². The van der Waals surface area contributed by atoms with Crippen molar-refractivity contribution in [2.45, 2.75) is 25.2 Å². The molecule has 2 aromatic rings. The van der Waals surface area contributed by atoms with Gasteiger partial charge in [-0.1, -0.05) is 6.07 Å². The summed E-state index contributed by atoms with van der Waals surface area (Å²) in [6.07, 6.45) is 9.30. The van der Waals surface area contributed by atoms with Crippen molar-refractivity contribution >= 4 is 17.4 Å². The van der Waals surface area contributed by atoms with Crippen LogP contribution in [0, 0.1) is 17.4 Å². The zero-order valence-electron chi connectivity index (χ0n) is 12.2. The van der Waals surface area contributed by atoms with Gasteiger partial charge in [-0.05, 0) is 36.8 Å². The summed E-state index contributed by atoms with van der Waals surface area (Å²) in [6.45, 7) is 1.16. The molecule has 1 saturated carbocycles. The Hall–Kier alpha value is -2.55. The van der Waals surface area contributed by atoms with Crippen LogP contribution in [0.25, 0.3) is 5.65 Å². The maximum atomic E-state index is 12.2. The number of rotatable bonds is 3. The van der Waals surface area contributed by atoms with Crippen LogP contribution >= 0.6 is 0 Å². The van der Waals surface area contributed by atoms with Crippen molar-refractivity contribution in [1.82, 2.24) is 14.3 Å². The van der Waals surface area contributed by atoms with Crippen molar-refractivity contribution < 1.29 is 4.79 Å². The Morgan fingerprint density at radius 3 is 2.91 bits per heavy atom. The molecule has 4 rings (SSSR count). The summed E-state index contributed by atoms with van der Waals surface area (Å²) in [5, 5.41) is 11.7. The number of nitrogens with zero attached hydrogens (tertiary/aromatic N) is 4. The minimum atomic E-state index is -0.133. The lowest BCUT2D eigenvalue weighted by molar-refractivity contribution is -0.119. The SMILES string of the molecule is N#CN1CCC(C(=O)Nc2cn3cc(C4CC4)ccc3n2)C1. The number of carbonyl (C=O) groups is 1. The van der Waals surface area contributed by atoms with E-state index >= 15 is 0 Å². The van der Waals surface area contributed by atoms with Gasteiger partial charge in [0, 0.05) is 19.3 Å². The lowest BCUT2D eigenvalue weighted by Crippen LogP contribution is -2.25. The minimum absolute atomic E-state index is 0.0522. The third-order valence-corrected chi connectivity index (χ3v) is 4.47. The van der Waals surface area contributed by atoms with Gasteiger partial charge in [0.25, 0.3) is 0 Å². The van der Waals surface area contributed by atoms with Crippen LogP contribution in [0.3, 0.4) is 0 Å². The highest BCUT2D eigenvalue weighted by atomic mass is 16.2. The quantitative estimate of drug-likeness (QED) is 0.878. The Bertz CT molecular complexity index is 770. The van der Waals surface area contributed by atoms with Gasteiger partial charge >= 0.3 is 0 Å². The van der Waals surface area contributed by atoms with E-state index in [0.29, 0.717) is 24.8 Å². The molecule has 0 bridgehead atoms. The molecule has 3 heterocycles. The van der Waals surface area contributed by atoms with Crippen molar-refractivity contribution in [2.75, 3.05) is 18.4 Å². The monoisotopic (exact) mass is 295 g/mol. The molecule has 0 radical (unpaired) electrons. The van der Waals surface area contributed by atoms with Crippen LogP contribution in [0.5, 0.6) is 0 Å². The van der Waals surface area contributed by atoms with Gasteiger partial charge in [0.15, 0.2) is 12.0 Å². The molecule has 1 atom stereocenters. The van der Waals surface area contributed by atoms with Gasteiger partial charge in [-0.2, -0.15) is 5.26 Å². The molecule has 6 nitrogen and oxygen atoms in total. The van der Waals surface area contributed by atoms with Crippen LogP contribution in [0.15, 0.2) is 24.5 Å². The second-order valence-electron chi connectivity index (χ2n) is 6.15. The first-order valence-electron chi connectivity index (χ1n) is 7.67. The number of fused-ring (bicyclic) bond motifs is 1. The Kier molecular flexibility index (Phi) is 3.00. The zero-order valence-corrected chi connectivity index (χ0v) is 12.2. The molecule has 1 aliphatic carbocycles. The van der Waals surface area contributed by atoms with Gasteiger partial charge in [0.2, 0.25) is 5.91 Å². The first-order chi connectivity index (χ1) is 10.7. The maximum Gasteiger partial charge on any atom is 0.230 e. The molecule has 1 unspecified atom stereocenters. The van der Waals surface area contributed by atoms with E-state index in [4.69, 9.17) is 5.26 Å². The van der Waals surface area contributed by atoms with E-state index in [2.05, 4.69) is 28.8 Å². The number of hydrogen-bond acceptors (Lipinski definition) is 4. The fourth-order valence-electron chi connectivity index (χ4n) is 3.02. The molecule has 0 spiro atoms. The molecule has 112 valence electrons. The highest BCUT2D eigenvalue weighted by Gasteiger charge is 2.28. The molecule has 2 aromatic heterocycles. The highest BCUT2D eigenvalue weighted by Crippen LogP contribution is 2.39. The summed E-state index contributed by atoms with van der Waals surface area (Å²) < 4.78 is 1.97. The lowest BCUT2D eigenvalue weighted by atomic mass is 10.1. The summed E-state index contributed by atoms with van der Waals surface area (Å²) in [6, 6.07) is 4.11. The van der Waals surface area contributed by atoms with E-state index in [1.165, 1.54) is 18.4 Å². The molecule has 6 heteroatoms. The summed E-state index contributed by atoms with van der Waals surface area (Å²) in [5.41, 5.74) is 2.17. The molecule has 2 aliphatic rings. The third-order valence-electron chi connectivity index (χ3n) is 4.47. The van der Waals surface area contributed by atoms with Gasteiger partial charge in [-0.3, -0.25) is 4.79 Å². The Morgan fingerprint density at radius 1 is 1.32 bits per heavy atom. The van der Waals surface area contributed by atoms with Crippen molar-refractivity contribution in [1.29, 1.82) is 5.26 Å². The predicted octanol–water partition coefficient (Wildman–Crippen LogP) is 1.95. The maximum absolute atomic E-state index is 12.2. The third kappa shape index (κ3) is 2.39. The highest BCUT2D eigenvalue weighted by molar-refractivity contribution is 5.92. The minimum Gasteiger partial charge on any atom is -0.310 e. The van der Waals surface area contributed by atoms with Crippen LogP contribution in [-0.2, 0) is 4.79 Å². The fraction of sp³-hybridized carbons (Fsp3) is 0.438. The van der Waals surface area contributed by atoms with E-state index in [1.807, 2.05) is 16.7 Å². The number of carbonyl (C=O) groups excluding carboxylic acids is 1. The number of anilines is 1. The van der Waals surface area contributed by atoms with E-state index in [-0.39, 0.29) is 11.8 Å². The van der Waals surface area contributed by atoms with E-state index in [9.17, 15) is 4.79 Å². The van der Waals surface area contributed by atoms with E-state index < -0.39 is 0 Å². The van der Waals surface area contributed by atoms with Crippen LogP contribution in [0.4, 0.5) is 5.82 Å². The van der Waals surface area contributed by atoms with E-state index in [0.717, 1.165) is 12.1 Å². The molecule has 2 fully saturated rings. The largest absolute Gasteiger partial charge is 0.310 e. The van der Waals surface area contributed by atoms with Crippen LogP contribution in [0.1, 0.15) is 30.7 Å². The van der Waals surface area contributed by atoms with Crippen molar-refractivity contribution in [2.24, 2.45) is 5.92 Å². The fourth-order valence-corrected chi connectivity index (χ4v) is 3.02. The summed E-state index contributed by atoms with van der Waals surface area (Å²) >= 11 is 0. The van der Waals surface area contributed by atoms with Gasteiger partial charge < -0.3 is 14.6 Å². The number of imidazole rings is 1. The smallest absolute Gasteiger partial charge is 0.230 e. The number of hydrogen-bond donors (Lipinski definition) is 1. The summed E-state index contributed by atoms with van der Waals surface area (Å²) in [4.78, 5) is 18.3. The van der Waals surface area contributed by atoms with Crippen LogP contribution in [0.2, 0.25) is 0 Å². The normalized spacial score (nSPS) is 21.0. The van der Waals surface area contributed by atoms with Crippen molar-refractivity contribution in [3.63, 3.8) is 0 Å². The second kappa shape index (κ2) is 5.02. The summed E-state index contributed by atoms with van der Waals surface area (Å²) in [5.74, 6) is 1.09. The number of nitrogens with one attached hydrogen (secondary N) is 1. The molecule has 22 heavy (non-hydrogen) atoms. The number of likely N-dealkylation sites (tertiary alicyclic amines) is 1. The number of aromatic nitrogens is 2. The average molecular weight is 295 g/mol. The van der Waals surface area contributed by atoms with Gasteiger partial charge in [-0.15, -0.1) is 0 Å². The lowest BCUT2D eigenvalue weighted by Gasteiger charge is -2.08. The predicted molar refractivity (Wildman–Crippen MR) is 81.1 cm³/mol. The van der Waals surface area contributed by atoms with Crippen molar-refractivity contribution in [3.05, 3.63) is 30.1 Å². The summed E-state index contributed by atoms with van der Waals surface area (Å²) in [7, 11) is 0. The topological polar surface area (TPSA) is 73.4 Å². The van der Waals surface area contributed by atoms with Gasteiger partial charge in [0.05, 0.1) is 12.1 Å². The molecular weight excluding hydrogens is 278 g/mol. The molecular formula is C16H17N5O. The standard InChI is InChI=1S/C16H17N5O/c17-10-20-6-5-13(7-20)16(22)19-14-9-21-8-12(11-1-2-11)3-4-15(21)18-14/h3-4,8-9,11,13H,1-2,5-7H2,(H,19,22). The molecule has 1 N–H and O–H groups in total. The Morgan fingerprint density at radius 2 is 2.18 bits per heavy atom. The molecule has 0 aromatic carbocycles. The van der Waals surface area contributed by atoms with Gasteiger partial charge in [0.1, 0.15) is 5.65 Å². The number of pyridine rings is 1. The Labute approximate surface area is 128 Å². The van der Waals surface area contributed by atoms with Crippen molar-refractivity contribution in [3.8, 4) is 6.19 Å². The first-order valence-corrected chi connectivity index (χ1v) is 7.67. The van der Waals surface area contributed by atoms with Crippen LogP contribution < -0.4 is 5.32 Å². The molecule has 1 aliphatic heterocycles. The second-order valence-corrected chi connectivity index (χ2v) is 6.15. The molecule has 1 saturated heterocycles. The number of nitriles is 1. The Balaban J connectivity index is 1.49. The van der Waals surface area contributed by atoms with Gasteiger partial charge in [-0.25, -0.2) is 4.98 Å². The molecule has 1 amide bonds. The zero-order chi connectivity index (χ0) is 15.1. The van der Waals surface area contributed by atoms with E-state index in [1.54, 1.807) is 4.90 Å². The average Bonchev–Trinajstić information content (AvgIpc) is 3.12. The first kappa shape index (κ1) is 13.1. The number of amides is 1.